The van der Waals surface area contributed by atoms with Crippen molar-refractivity contribution in [2.24, 2.45) is 0 Å². The van der Waals surface area contributed by atoms with Crippen molar-refractivity contribution in [2.45, 2.75) is 31.2 Å². The summed E-state index contributed by atoms with van der Waals surface area (Å²) in [6, 6.07) is 6.24. The first-order valence-corrected chi connectivity index (χ1v) is 8.45. The second kappa shape index (κ2) is 7.34. The lowest BCUT2D eigenvalue weighted by Crippen LogP contribution is -2.39. The Kier molecular flexibility index (Phi) is 5.75. The molecule has 1 aromatic rings. The van der Waals surface area contributed by atoms with Crippen LogP contribution in [0.2, 0.25) is 5.02 Å². The first-order valence-electron chi connectivity index (χ1n) is 7.09. The van der Waals surface area contributed by atoms with Gasteiger partial charge in [0.15, 0.2) is 0 Å². The molecule has 0 aliphatic carbocycles. The smallest absolute Gasteiger partial charge is 0.236 e. The first-order chi connectivity index (χ1) is 9.65. The van der Waals surface area contributed by atoms with Gasteiger partial charge in [-0.2, -0.15) is 0 Å². The van der Waals surface area contributed by atoms with Crippen molar-refractivity contribution in [3.8, 4) is 0 Å². The number of carbonyl (C=O) groups is 1. The molecule has 20 heavy (non-hydrogen) atoms. The molecule has 1 atom stereocenters. The lowest BCUT2D eigenvalue weighted by molar-refractivity contribution is -0.130. The molecule has 5 heteroatoms. The summed E-state index contributed by atoms with van der Waals surface area (Å²) in [4.78, 5) is 15.2. The molecule has 1 amide bonds. The van der Waals surface area contributed by atoms with Gasteiger partial charge in [-0.15, -0.1) is 11.8 Å². The molecule has 0 spiro atoms. The van der Waals surface area contributed by atoms with Crippen molar-refractivity contribution >= 4 is 29.3 Å². The minimum Gasteiger partial charge on any atom is -0.342 e. The Hall–Kier alpha value is -0.710. The average Bonchev–Trinajstić information content (AvgIpc) is 2.46. The maximum absolute atomic E-state index is 12.1. The highest BCUT2D eigenvalue weighted by Crippen LogP contribution is 2.37. The number of nitrogens with one attached hydrogen (secondary N) is 1. The number of halogens is 1. The van der Waals surface area contributed by atoms with Crippen LogP contribution in [0.4, 0.5) is 0 Å². The van der Waals surface area contributed by atoms with Crippen molar-refractivity contribution in [2.75, 3.05) is 25.4 Å². The fourth-order valence-electron chi connectivity index (χ4n) is 2.48. The van der Waals surface area contributed by atoms with Crippen molar-refractivity contribution < 1.29 is 4.79 Å². The highest BCUT2D eigenvalue weighted by Gasteiger charge is 2.22. The molecule has 2 rings (SSSR count). The molecule has 1 aliphatic rings. The summed E-state index contributed by atoms with van der Waals surface area (Å²) in [5, 5.41) is 4.15. The second-order valence-electron chi connectivity index (χ2n) is 4.82. The van der Waals surface area contributed by atoms with Gasteiger partial charge in [0.25, 0.3) is 0 Å². The lowest BCUT2D eigenvalue weighted by Gasteiger charge is -2.27. The minimum atomic E-state index is 0.164. The molecule has 0 bridgehead atoms. The SMILES string of the molecule is CCN(CC)C(=O)CNC1CCSc2ccc(Cl)cc21. The zero-order valence-corrected chi connectivity index (χ0v) is 13.6. The fraction of sp³-hybridized carbons (Fsp3) is 0.533. The number of rotatable bonds is 5. The fourth-order valence-corrected chi connectivity index (χ4v) is 3.76. The van der Waals surface area contributed by atoms with Crippen molar-refractivity contribution in [3.63, 3.8) is 0 Å². The standard InChI is InChI=1S/C15H21ClN2OS/c1-3-18(4-2)15(19)10-17-13-7-8-20-14-6-5-11(16)9-12(13)14/h5-6,9,13,17H,3-4,7-8,10H2,1-2H3. The first kappa shape index (κ1) is 15.7. The second-order valence-corrected chi connectivity index (χ2v) is 6.39. The van der Waals surface area contributed by atoms with E-state index in [1.54, 1.807) is 0 Å². The van der Waals surface area contributed by atoms with Crippen LogP contribution >= 0.6 is 23.4 Å². The number of benzene rings is 1. The molecule has 3 nitrogen and oxygen atoms in total. The summed E-state index contributed by atoms with van der Waals surface area (Å²) in [5.41, 5.74) is 1.22. The summed E-state index contributed by atoms with van der Waals surface area (Å²) < 4.78 is 0. The monoisotopic (exact) mass is 312 g/mol. The number of hydrogen-bond acceptors (Lipinski definition) is 3. The summed E-state index contributed by atoms with van der Waals surface area (Å²) in [6.45, 7) is 5.93. The van der Waals surface area contributed by atoms with Crippen molar-refractivity contribution in [1.29, 1.82) is 0 Å². The number of nitrogens with zero attached hydrogens (tertiary/aromatic N) is 1. The Morgan fingerprint density at radius 1 is 1.45 bits per heavy atom. The summed E-state index contributed by atoms with van der Waals surface area (Å²) in [6.07, 6.45) is 1.03. The van der Waals surface area contributed by atoms with Gasteiger partial charge in [0.1, 0.15) is 0 Å². The molecule has 0 radical (unpaired) electrons. The Morgan fingerprint density at radius 2 is 2.20 bits per heavy atom. The number of thioether (sulfide) groups is 1. The maximum atomic E-state index is 12.1. The van der Waals surface area contributed by atoms with E-state index in [-0.39, 0.29) is 11.9 Å². The molecule has 0 aromatic heterocycles. The number of carbonyl (C=O) groups excluding carboxylic acids is 1. The van der Waals surface area contributed by atoms with Crippen molar-refractivity contribution in [3.05, 3.63) is 28.8 Å². The van der Waals surface area contributed by atoms with Crippen molar-refractivity contribution in [1.82, 2.24) is 10.2 Å². The van der Waals surface area contributed by atoms with E-state index in [1.165, 1.54) is 10.5 Å². The van der Waals surface area contributed by atoms with Crippen LogP contribution in [0.5, 0.6) is 0 Å². The molecule has 1 aromatic carbocycles. The van der Waals surface area contributed by atoms with Gasteiger partial charge in [-0.25, -0.2) is 0 Å². The van der Waals surface area contributed by atoms with E-state index in [9.17, 15) is 4.79 Å². The van der Waals surface area contributed by atoms with Crippen LogP contribution in [-0.2, 0) is 4.79 Å². The lowest BCUT2D eigenvalue weighted by atomic mass is 10.0. The van der Waals surface area contributed by atoms with Gasteiger partial charge >= 0.3 is 0 Å². The molecule has 1 heterocycles. The molecule has 0 saturated heterocycles. The summed E-state index contributed by atoms with van der Waals surface area (Å²) in [7, 11) is 0. The van der Waals surface area contributed by atoms with E-state index in [0.29, 0.717) is 6.54 Å². The normalized spacial score (nSPS) is 17.6. The van der Waals surface area contributed by atoms with E-state index < -0.39 is 0 Å². The predicted molar refractivity (Wildman–Crippen MR) is 85.5 cm³/mol. The third kappa shape index (κ3) is 3.68. The number of hydrogen-bond donors (Lipinski definition) is 1. The third-order valence-electron chi connectivity index (χ3n) is 3.63. The van der Waals surface area contributed by atoms with Gasteiger partial charge in [0.2, 0.25) is 5.91 Å². The van der Waals surface area contributed by atoms with Crippen LogP contribution in [0.15, 0.2) is 23.1 Å². The van der Waals surface area contributed by atoms with Crippen LogP contribution in [0, 0.1) is 0 Å². The molecule has 0 saturated carbocycles. The van der Waals surface area contributed by atoms with E-state index >= 15 is 0 Å². The summed E-state index contributed by atoms with van der Waals surface area (Å²) >= 11 is 7.94. The Balaban J connectivity index is 2.01. The maximum Gasteiger partial charge on any atom is 0.236 e. The average molecular weight is 313 g/mol. The third-order valence-corrected chi connectivity index (χ3v) is 4.98. The predicted octanol–water partition coefficient (Wildman–Crippen LogP) is 3.33. The van der Waals surface area contributed by atoms with Crippen LogP contribution in [0.3, 0.4) is 0 Å². The van der Waals surface area contributed by atoms with Gasteiger partial charge in [0, 0.05) is 29.0 Å². The van der Waals surface area contributed by atoms with E-state index in [2.05, 4.69) is 11.4 Å². The molecule has 1 N–H and O–H groups in total. The molecule has 110 valence electrons. The number of fused-ring (bicyclic) bond motifs is 1. The Bertz CT molecular complexity index is 477. The highest BCUT2D eigenvalue weighted by atomic mass is 35.5. The Morgan fingerprint density at radius 3 is 2.90 bits per heavy atom. The Labute approximate surface area is 130 Å². The number of amides is 1. The van der Waals surface area contributed by atoms with Gasteiger partial charge in [-0.1, -0.05) is 11.6 Å². The van der Waals surface area contributed by atoms with Crippen LogP contribution in [0.25, 0.3) is 0 Å². The van der Waals surface area contributed by atoms with Crippen LogP contribution < -0.4 is 5.32 Å². The zero-order valence-electron chi connectivity index (χ0n) is 12.0. The molecule has 1 unspecified atom stereocenters. The van der Waals surface area contributed by atoms with Gasteiger partial charge < -0.3 is 10.2 Å². The van der Waals surface area contributed by atoms with E-state index in [0.717, 1.165) is 30.3 Å². The van der Waals surface area contributed by atoms with E-state index in [1.807, 2.05) is 42.6 Å². The van der Waals surface area contributed by atoms with Gasteiger partial charge in [0.05, 0.1) is 6.54 Å². The highest BCUT2D eigenvalue weighted by molar-refractivity contribution is 7.99. The zero-order chi connectivity index (χ0) is 14.5. The molecular formula is C15H21ClN2OS. The van der Waals surface area contributed by atoms with Crippen LogP contribution in [-0.4, -0.2) is 36.2 Å². The quantitative estimate of drug-likeness (QED) is 0.905. The van der Waals surface area contributed by atoms with Crippen LogP contribution in [0.1, 0.15) is 31.9 Å². The molecule has 1 aliphatic heterocycles. The number of likely N-dealkylation sites (N-methyl/N-ethyl adjacent to an activating group) is 1. The minimum absolute atomic E-state index is 0.164. The van der Waals surface area contributed by atoms with Gasteiger partial charge in [-0.05, 0) is 49.8 Å². The van der Waals surface area contributed by atoms with E-state index in [4.69, 9.17) is 11.6 Å². The largest absolute Gasteiger partial charge is 0.342 e. The topological polar surface area (TPSA) is 32.3 Å². The molecule has 0 fully saturated rings. The van der Waals surface area contributed by atoms with Gasteiger partial charge in [-0.3, -0.25) is 4.79 Å². The molecular weight excluding hydrogens is 292 g/mol. The summed E-state index contributed by atoms with van der Waals surface area (Å²) in [5.74, 6) is 1.24.